The molecule has 0 heterocycles. The van der Waals surface area contributed by atoms with Gasteiger partial charge in [0, 0.05) is 19.2 Å². The topological polar surface area (TPSA) is 30.5 Å². The van der Waals surface area contributed by atoms with Crippen LogP contribution >= 0.6 is 0 Å². The van der Waals surface area contributed by atoms with Crippen LogP contribution in [0.15, 0.2) is 18.2 Å². The zero-order valence-corrected chi connectivity index (χ0v) is 9.50. The van der Waals surface area contributed by atoms with Crippen LogP contribution in [0.25, 0.3) is 0 Å². The van der Waals surface area contributed by atoms with Crippen molar-refractivity contribution in [2.45, 2.75) is 25.0 Å². The molecule has 1 aromatic carbocycles. The number of hydrogen-bond donors (Lipinski definition) is 1. The first-order valence-electron chi connectivity index (χ1n) is 5.36. The molecule has 1 aliphatic carbocycles. The molecule has 1 fully saturated rings. The van der Waals surface area contributed by atoms with Gasteiger partial charge in [0.15, 0.2) is 0 Å². The van der Waals surface area contributed by atoms with E-state index >= 15 is 0 Å². The minimum Gasteiger partial charge on any atom is -0.497 e. The molecule has 0 radical (unpaired) electrons. The average Bonchev–Trinajstić information content (AvgIpc) is 2.25. The average molecular weight is 225 g/mol. The van der Waals surface area contributed by atoms with Crippen LogP contribution in [0.1, 0.15) is 12.8 Å². The molecule has 0 spiro atoms. The predicted octanol–water partition coefficient (Wildman–Crippen LogP) is 2.42. The van der Waals surface area contributed by atoms with Gasteiger partial charge < -0.3 is 14.8 Å². The van der Waals surface area contributed by atoms with Gasteiger partial charge in [-0.15, -0.1) is 0 Å². The molecule has 0 atom stereocenters. The van der Waals surface area contributed by atoms with Crippen molar-refractivity contribution >= 4 is 5.69 Å². The van der Waals surface area contributed by atoms with Crippen LogP contribution in [0.5, 0.6) is 5.75 Å². The summed E-state index contributed by atoms with van der Waals surface area (Å²) < 4.78 is 23.7. The first-order valence-corrected chi connectivity index (χ1v) is 5.36. The molecule has 1 aromatic rings. The Balaban J connectivity index is 1.98. The number of ether oxygens (including phenoxy) is 2. The van der Waals surface area contributed by atoms with Crippen molar-refractivity contribution in [3.05, 3.63) is 24.0 Å². The molecule has 0 amide bonds. The molecule has 3 nitrogen and oxygen atoms in total. The summed E-state index contributed by atoms with van der Waals surface area (Å²) >= 11 is 0. The van der Waals surface area contributed by atoms with E-state index in [4.69, 9.17) is 9.47 Å². The summed E-state index contributed by atoms with van der Waals surface area (Å²) in [4.78, 5) is 0. The van der Waals surface area contributed by atoms with Gasteiger partial charge in [-0.1, -0.05) is 0 Å². The number of methoxy groups -OCH3 is 2. The number of halogens is 1. The summed E-state index contributed by atoms with van der Waals surface area (Å²) in [6.45, 7) is 0. The fourth-order valence-corrected chi connectivity index (χ4v) is 1.84. The van der Waals surface area contributed by atoms with E-state index in [0.29, 0.717) is 23.6 Å². The molecule has 2 rings (SSSR count). The Bertz CT molecular complexity index is 364. The Labute approximate surface area is 94.6 Å². The molecule has 0 unspecified atom stereocenters. The molecule has 0 aromatic heterocycles. The summed E-state index contributed by atoms with van der Waals surface area (Å²) in [6, 6.07) is 4.99. The maximum Gasteiger partial charge on any atom is 0.146 e. The van der Waals surface area contributed by atoms with Crippen molar-refractivity contribution in [1.82, 2.24) is 0 Å². The van der Waals surface area contributed by atoms with Crippen molar-refractivity contribution in [2.24, 2.45) is 0 Å². The van der Waals surface area contributed by atoms with Gasteiger partial charge in [0.1, 0.15) is 11.6 Å². The summed E-state index contributed by atoms with van der Waals surface area (Å²) in [5, 5.41) is 3.15. The van der Waals surface area contributed by atoms with Crippen molar-refractivity contribution in [3.8, 4) is 5.75 Å². The van der Waals surface area contributed by atoms with E-state index in [2.05, 4.69) is 5.32 Å². The Morgan fingerprint density at radius 3 is 2.69 bits per heavy atom. The van der Waals surface area contributed by atoms with Crippen LogP contribution in [0.2, 0.25) is 0 Å². The van der Waals surface area contributed by atoms with Crippen LogP contribution in [-0.4, -0.2) is 26.4 Å². The van der Waals surface area contributed by atoms with Crippen molar-refractivity contribution < 1.29 is 13.9 Å². The summed E-state index contributed by atoms with van der Waals surface area (Å²) in [5.41, 5.74) is 0.499. The van der Waals surface area contributed by atoms with Crippen LogP contribution in [-0.2, 0) is 4.74 Å². The molecule has 1 aliphatic rings. The molecule has 1 saturated carbocycles. The molecule has 0 saturated heterocycles. The fraction of sp³-hybridized carbons (Fsp3) is 0.500. The van der Waals surface area contributed by atoms with E-state index in [1.54, 1.807) is 26.4 Å². The lowest BCUT2D eigenvalue weighted by Crippen LogP contribution is -2.40. The number of nitrogens with one attached hydrogen (secondary N) is 1. The standard InChI is InChI=1S/C12H16FNO2/c1-15-9-3-4-11(13)12(7-9)14-8-5-10(6-8)16-2/h3-4,7-8,10,14H,5-6H2,1-2H3. The molecule has 4 heteroatoms. The lowest BCUT2D eigenvalue weighted by atomic mass is 9.89. The zero-order chi connectivity index (χ0) is 11.5. The number of anilines is 1. The minimum absolute atomic E-state index is 0.248. The third-order valence-electron chi connectivity index (χ3n) is 2.96. The van der Waals surface area contributed by atoms with Gasteiger partial charge in [0.25, 0.3) is 0 Å². The highest BCUT2D eigenvalue weighted by Crippen LogP contribution is 2.29. The molecule has 88 valence electrons. The maximum atomic E-state index is 13.5. The summed E-state index contributed by atoms with van der Waals surface area (Å²) in [7, 11) is 3.27. The first-order chi connectivity index (χ1) is 7.72. The highest BCUT2D eigenvalue weighted by Gasteiger charge is 2.29. The number of hydrogen-bond acceptors (Lipinski definition) is 3. The second-order valence-corrected chi connectivity index (χ2v) is 4.02. The predicted molar refractivity (Wildman–Crippen MR) is 60.4 cm³/mol. The van der Waals surface area contributed by atoms with Gasteiger partial charge in [0.05, 0.1) is 18.9 Å². The van der Waals surface area contributed by atoms with E-state index in [-0.39, 0.29) is 5.82 Å². The highest BCUT2D eigenvalue weighted by molar-refractivity contribution is 5.50. The van der Waals surface area contributed by atoms with Gasteiger partial charge in [-0.25, -0.2) is 4.39 Å². The normalized spacial score (nSPS) is 23.7. The van der Waals surface area contributed by atoms with Crippen molar-refractivity contribution in [1.29, 1.82) is 0 Å². The number of rotatable bonds is 4. The Morgan fingerprint density at radius 1 is 1.31 bits per heavy atom. The molecular weight excluding hydrogens is 209 g/mol. The van der Waals surface area contributed by atoms with Gasteiger partial charge in [-0.3, -0.25) is 0 Å². The fourth-order valence-electron chi connectivity index (χ4n) is 1.84. The van der Waals surface area contributed by atoms with Gasteiger partial charge in [-0.2, -0.15) is 0 Å². The van der Waals surface area contributed by atoms with Crippen LogP contribution in [0.4, 0.5) is 10.1 Å². The maximum absolute atomic E-state index is 13.5. The summed E-state index contributed by atoms with van der Waals surface area (Å²) in [6.07, 6.45) is 2.16. The molecule has 0 aliphatic heterocycles. The largest absolute Gasteiger partial charge is 0.497 e. The van der Waals surface area contributed by atoms with Gasteiger partial charge >= 0.3 is 0 Å². The van der Waals surface area contributed by atoms with Crippen LogP contribution in [0, 0.1) is 5.82 Å². The van der Waals surface area contributed by atoms with Crippen LogP contribution < -0.4 is 10.1 Å². The Morgan fingerprint density at radius 2 is 2.06 bits per heavy atom. The van der Waals surface area contributed by atoms with E-state index in [1.165, 1.54) is 6.07 Å². The Hall–Kier alpha value is -1.29. The summed E-state index contributed by atoms with van der Waals surface area (Å²) in [5.74, 6) is 0.410. The third kappa shape index (κ3) is 2.27. The second-order valence-electron chi connectivity index (χ2n) is 4.02. The molecule has 0 bridgehead atoms. The monoisotopic (exact) mass is 225 g/mol. The highest BCUT2D eigenvalue weighted by atomic mass is 19.1. The molecule has 1 N–H and O–H groups in total. The third-order valence-corrected chi connectivity index (χ3v) is 2.96. The lowest BCUT2D eigenvalue weighted by Gasteiger charge is -2.35. The smallest absolute Gasteiger partial charge is 0.146 e. The van der Waals surface area contributed by atoms with Gasteiger partial charge in [0.2, 0.25) is 0 Å². The molecular formula is C12H16FNO2. The van der Waals surface area contributed by atoms with Gasteiger partial charge in [-0.05, 0) is 25.0 Å². The second kappa shape index (κ2) is 4.70. The Kier molecular flexibility index (Phi) is 3.29. The zero-order valence-electron chi connectivity index (χ0n) is 9.50. The quantitative estimate of drug-likeness (QED) is 0.853. The lowest BCUT2D eigenvalue weighted by molar-refractivity contribution is 0.0328. The number of benzene rings is 1. The van der Waals surface area contributed by atoms with Crippen molar-refractivity contribution in [2.75, 3.05) is 19.5 Å². The first kappa shape index (κ1) is 11.2. The van der Waals surface area contributed by atoms with Crippen molar-refractivity contribution in [3.63, 3.8) is 0 Å². The van der Waals surface area contributed by atoms with E-state index in [0.717, 1.165) is 12.8 Å². The van der Waals surface area contributed by atoms with Crippen LogP contribution in [0.3, 0.4) is 0 Å². The van der Waals surface area contributed by atoms with E-state index < -0.39 is 0 Å². The van der Waals surface area contributed by atoms with E-state index in [1.807, 2.05) is 0 Å². The molecule has 16 heavy (non-hydrogen) atoms. The van der Waals surface area contributed by atoms with E-state index in [9.17, 15) is 4.39 Å². The minimum atomic E-state index is -0.248. The SMILES string of the molecule is COc1ccc(F)c(NC2CC(OC)C2)c1.